The van der Waals surface area contributed by atoms with Crippen LogP contribution in [0.5, 0.6) is 5.75 Å². The number of rotatable bonds is 23. The van der Waals surface area contributed by atoms with Gasteiger partial charge in [0, 0.05) is 38.3 Å². The molecule has 3 aliphatic heterocycles. The number of anilines is 1. The van der Waals surface area contributed by atoms with Crippen molar-refractivity contribution in [1.82, 2.24) is 19.2 Å². The summed E-state index contributed by atoms with van der Waals surface area (Å²) in [7, 11) is -6.33. The average Bonchev–Trinajstić information content (AvgIpc) is 4.15. The number of aliphatic hydroxyl groups is 2. The molecule has 74 heavy (non-hydrogen) atoms. The fourth-order valence-electron chi connectivity index (χ4n) is 8.83. The molecule has 406 valence electrons. The van der Waals surface area contributed by atoms with Gasteiger partial charge in [-0.3, -0.25) is 0 Å². The molecule has 0 radical (unpaired) electrons. The molecular weight excluding hydrogens is 995 g/mol. The molecule has 3 aliphatic rings. The molecule has 6 N–H and O–H groups in total. The van der Waals surface area contributed by atoms with Crippen LogP contribution in [-0.4, -0.2) is 150 Å². The van der Waals surface area contributed by atoms with E-state index in [9.17, 15) is 36.6 Å². The van der Waals surface area contributed by atoms with E-state index in [2.05, 4.69) is 10.6 Å². The van der Waals surface area contributed by atoms with Crippen LogP contribution in [0.15, 0.2) is 119 Å². The molecule has 0 unspecified atom stereocenters. The minimum absolute atomic E-state index is 0.000311. The van der Waals surface area contributed by atoms with Crippen LogP contribution in [0.2, 0.25) is 0 Å². The minimum atomic E-state index is -3.94. The van der Waals surface area contributed by atoms with Crippen molar-refractivity contribution in [2.45, 2.75) is 106 Å². The fraction of sp³-hybridized carbons (Fsp3) is 0.509. The number of nitrogen functional groups attached to an aromatic ring is 1. The smallest absolute Gasteiger partial charge is 0.407 e. The molecule has 4 aromatic carbocycles. The first-order valence-corrected chi connectivity index (χ1v) is 27.9. The predicted octanol–water partition coefficient (Wildman–Crippen LogP) is 5.20. The Bertz CT molecular complexity index is 2570. The maximum absolute atomic E-state index is 13.6. The molecule has 3 saturated heterocycles. The van der Waals surface area contributed by atoms with Crippen molar-refractivity contribution in [2.75, 3.05) is 65.5 Å². The van der Waals surface area contributed by atoms with Crippen LogP contribution in [0, 0.1) is 17.8 Å². The Hall–Kier alpha value is -5.36. The van der Waals surface area contributed by atoms with Crippen LogP contribution in [0.4, 0.5) is 15.3 Å². The van der Waals surface area contributed by atoms with E-state index in [-0.39, 0.29) is 79.1 Å². The molecule has 0 bridgehead atoms. The minimum Gasteiger partial charge on any atom is -0.497 e. The molecule has 3 fully saturated rings. The van der Waals surface area contributed by atoms with Gasteiger partial charge in [-0.15, -0.1) is 0 Å². The number of fused-ring (bicyclic) bond motifs is 1. The molecule has 3 heterocycles. The van der Waals surface area contributed by atoms with Crippen LogP contribution in [0.1, 0.15) is 51.7 Å². The largest absolute Gasteiger partial charge is 0.497 e. The number of benzene rings is 4. The molecule has 0 aromatic heterocycles. The van der Waals surface area contributed by atoms with Gasteiger partial charge in [0.15, 0.2) is 6.29 Å². The maximum Gasteiger partial charge on any atom is 0.407 e. The summed E-state index contributed by atoms with van der Waals surface area (Å²) in [6, 6.07) is 29.3. The van der Waals surface area contributed by atoms with E-state index in [1.54, 1.807) is 12.1 Å². The Morgan fingerprint density at radius 2 is 1.14 bits per heavy atom. The van der Waals surface area contributed by atoms with Crippen LogP contribution in [0.3, 0.4) is 0 Å². The van der Waals surface area contributed by atoms with Crippen LogP contribution >= 0.6 is 0 Å². The second-order valence-corrected chi connectivity index (χ2v) is 23.4. The van der Waals surface area contributed by atoms with Gasteiger partial charge < -0.3 is 55.0 Å². The quantitative estimate of drug-likeness (QED) is 0.0599. The van der Waals surface area contributed by atoms with Crippen LogP contribution in [0.25, 0.3) is 0 Å². The Morgan fingerprint density at radius 1 is 0.649 bits per heavy atom. The number of alkyl carbamates (subject to hydrolysis) is 2. The van der Waals surface area contributed by atoms with Crippen molar-refractivity contribution in [1.29, 1.82) is 0 Å². The second kappa shape index (κ2) is 27.4. The summed E-state index contributed by atoms with van der Waals surface area (Å²) in [5.41, 5.74) is 7.94. The first kappa shape index (κ1) is 57.9. The van der Waals surface area contributed by atoms with Gasteiger partial charge in [0.1, 0.15) is 18.0 Å². The third-order valence-electron chi connectivity index (χ3n) is 12.7. The molecule has 2 amide bonds. The summed E-state index contributed by atoms with van der Waals surface area (Å²) in [4.78, 5) is 25.7. The van der Waals surface area contributed by atoms with Crippen LogP contribution in [-0.2, 0) is 56.6 Å². The van der Waals surface area contributed by atoms with E-state index in [0.717, 1.165) is 17.5 Å². The van der Waals surface area contributed by atoms with E-state index in [0.29, 0.717) is 44.1 Å². The van der Waals surface area contributed by atoms with Crippen molar-refractivity contribution in [3.63, 3.8) is 0 Å². The molecule has 0 saturated carbocycles. The van der Waals surface area contributed by atoms with Crippen LogP contribution < -0.4 is 21.1 Å². The number of nitrogens with zero attached hydrogens (tertiary/aromatic N) is 2. The molecule has 7 rings (SSSR count). The molecule has 4 aromatic rings. The lowest BCUT2D eigenvalue weighted by Gasteiger charge is -2.31. The number of methoxy groups -OCH3 is 1. The number of nitrogens with two attached hydrogens (primary N) is 1. The predicted molar refractivity (Wildman–Crippen MR) is 277 cm³/mol. The Labute approximate surface area is 435 Å². The summed E-state index contributed by atoms with van der Waals surface area (Å²) in [5, 5.41) is 28.1. The fourth-order valence-corrected chi connectivity index (χ4v) is 12.1. The van der Waals surface area contributed by atoms with Gasteiger partial charge in [-0.2, -0.15) is 8.61 Å². The lowest BCUT2D eigenvalue weighted by atomic mass is 10.0. The maximum atomic E-state index is 13.6. The second-order valence-electron chi connectivity index (χ2n) is 19.6. The zero-order valence-electron chi connectivity index (χ0n) is 42.7. The monoisotopic (exact) mass is 1070 g/mol. The highest BCUT2D eigenvalue weighted by Crippen LogP contribution is 2.33. The summed E-state index contributed by atoms with van der Waals surface area (Å²) in [5.74, 6) is 0.529. The normalized spacial score (nSPS) is 20.3. The standard InChI is InChI=1S/C28H38N2O8S.C25H35N3O6S/c1-19(2)16-30(39(33,34)22-11-9-21(35-3)10-12-22)17-25(31)24(15-20-7-5-4-6-8-20)29-28(32)38-26-18-37-27-23(26)13-14-36-27;1-18(2)15-28(35(31,32)22-10-8-20(26)9-11-22)16-24(29)23(14-19-6-4-3-5-7-19)27-25(30)34-21-12-13-33-17-21/h4-12,19,23-27,31H,13-18H2,1-3H3,(H,29,32);3-11,18,21,23-24,29H,12-17,26H2,1-2H3,(H,27,30)/t23-,24-,25+,26-,27+;21-,23-,24+/m00/s1. The summed E-state index contributed by atoms with van der Waals surface area (Å²) < 4.78 is 89.0. The average molecular weight is 1070 g/mol. The number of carbonyl (C=O) groups is 2. The van der Waals surface area contributed by atoms with E-state index in [1.165, 1.54) is 52.1 Å². The topological polar surface area (TPSA) is 255 Å². The highest BCUT2D eigenvalue weighted by atomic mass is 32.2. The van der Waals surface area contributed by atoms with Gasteiger partial charge in [0.05, 0.1) is 73.5 Å². The summed E-state index contributed by atoms with van der Waals surface area (Å²) in [6.45, 7) is 9.26. The third kappa shape index (κ3) is 16.8. The SMILES string of the molecule is CC(C)CN(C[C@@H](O)[C@H](Cc1ccccc1)NC(=O)O[C@H]1CCOC1)S(=O)(=O)c1ccc(N)cc1.COc1ccc(S(=O)(=O)N(CC(C)C)C[C@@H](O)[C@H](Cc2ccccc2)NC(=O)O[C@H]2CO[C@H]3OCC[C@H]32)cc1. The van der Waals surface area contributed by atoms with Gasteiger partial charge in [-0.05, 0) is 90.8 Å². The highest BCUT2D eigenvalue weighted by molar-refractivity contribution is 7.89. The summed E-state index contributed by atoms with van der Waals surface area (Å²) in [6.07, 6.45) is -2.97. The molecule has 8 atom stereocenters. The Balaban J connectivity index is 0.000000242. The molecule has 0 aliphatic carbocycles. The van der Waals surface area contributed by atoms with Crippen molar-refractivity contribution >= 4 is 37.9 Å². The number of ether oxygens (including phenoxy) is 6. The molecule has 0 spiro atoms. The molecular formula is C53H73N5O14S2. The lowest BCUT2D eigenvalue weighted by Crippen LogP contribution is -2.51. The van der Waals surface area contributed by atoms with Crippen molar-refractivity contribution in [3.8, 4) is 5.75 Å². The van der Waals surface area contributed by atoms with E-state index in [1.807, 2.05) is 88.4 Å². The molecule has 21 heteroatoms. The van der Waals surface area contributed by atoms with Gasteiger partial charge in [0.25, 0.3) is 0 Å². The summed E-state index contributed by atoms with van der Waals surface area (Å²) >= 11 is 0. The zero-order chi connectivity index (χ0) is 53.4. The van der Waals surface area contributed by atoms with Gasteiger partial charge in [0.2, 0.25) is 20.0 Å². The Morgan fingerprint density at radius 3 is 1.59 bits per heavy atom. The number of carbonyl (C=O) groups excluding carboxylic acids is 2. The zero-order valence-corrected chi connectivity index (χ0v) is 44.4. The van der Waals surface area contributed by atoms with Crippen molar-refractivity contribution in [3.05, 3.63) is 120 Å². The Kier molecular flexibility index (Phi) is 21.5. The third-order valence-corrected chi connectivity index (χ3v) is 16.4. The number of nitrogens with one attached hydrogen (secondary N) is 2. The first-order valence-electron chi connectivity index (χ1n) is 25.0. The van der Waals surface area contributed by atoms with Gasteiger partial charge in [-0.1, -0.05) is 88.4 Å². The van der Waals surface area contributed by atoms with Gasteiger partial charge >= 0.3 is 12.2 Å². The highest BCUT2D eigenvalue weighted by Gasteiger charge is 2.44. The number of amides is 2. The number of sulfonamides is 2. The number of hydrogen-bond donors (Lipinski definition) is 5. The number of aliphatic hydroxyl groups excluding tert-OH is 2. The number of hydrogen-bond acceptors (Lipinski definition) is 15. The first-order chi connectivity index (χ1) is 35.3. The van der Waals surface area contributed by atoms with Gasteiger partial charge in [-0.25, -0.2) is 26.4 Å². The lowest BCUT2D eigenvalue weighted by molar-refractivity contribution is -0.0907. The van der Waals surface area contributed by atoms with Crippen molar-refractivity contribution in [2.24, 2.45) is 17.8 Å². The van der Waals surface area contributed by atoms with E-state index >= 15 is 0 Å². The van der Waals surface area contributed by atoms with Crippen molar-refractivity contribution < 1.29 is 65.1 Å². The molecule has 19 nitrogen and oxygen atoms in total. The van der Waals surface area contributed by atoms with E-state index in [4.69, 9.17) is 34.2 Å². The van der Waals surface area contributed by atoms with E-state index < -0.39 is 62.6 Å².